The first-order chi connectivity index (χ1) is 24.6. The Bertz CT molecular complexity index is 1440. The number of likely N-dealkylation sites (N-methyl/N-ethyl adjacent to an activating group) is 1. The first kappa shape index (κ1) is 42.5. The summed E-state index contributed by atoms with van der Waals surface area (Å²) >= 11 is 1.60. The number of nitrogens with zero attached hydrogens (tertiary/aromatic N) is 3. The smallest absolute Gasteiger partial charge is 0.410 e. The molecule has 0 bridgehead atoms. The maximum absolute atomic E-state index is 13.1. The summed E-state index contributed by atoms with van der Waals surface area (Å²) in [5, 5.41) is 7.79. The molecule has 2 fully saturated rings. The molecular weight excluding hydrogens is 685 g/mol. The second kappa shape index (κ2) is 20.4. The molecule has 1 unspecified atom stereocenters. The van der Waals surface area contributed by atoms with E-state index < -0.39 is 17.9 Å². The van der Waals surface area contributed by atoms with E-state index in [9.17, 15) is 28.8 Å². The minimum atomic E-state index is -0.907. The number of hydrogen-bond donors (Lipinski definition) is 3. The number of benzene rings is 1. The molecule has 3 rings (SSSR count). The van der Waals surface area contributed by atoms with Crippen molar-refractivity contribution >= 4 is 53.1 Å². The monoisotopic (exact) mass is 742 g/mol. The van der Waals surface area contributed by atoms with E-state index in [1.807, 2.05) is 20.9 Å². The van der Waals surface area contributed by atoms with E-state index in [1.165, 1.54) is 4.90 Å². The van der Waals surface area contributed by atoms with Gasteiger partial charge in [-0.05, 0) is 63.3 Å². The van der Waals surface area contributed by atoms with Crippen LogP contribution in [0.2, 0.25) is 0 Å². The van der Waals surface area contributed by atoms with Gasteiger partial charge in [0, 0.05) is 56.0 Å². The van der Waals surface area contributed by atoms with Crippen molar-refractivity contribution < 1.29 is 33.5 Å². The summed E-state index contributed by atoms with van der Waals surface area (Å²) in [6, 6.07) is 6.00. The molecule has 3 N–H and O–H groups in total. The first-order valence-corrected chi connectivity index (χ1v) is 19.4. The normalized spacial score (nSPS) is 17.7. The molecule has 2 saturated heterocycles. The van der Waals surface area contributed by atoms with Gasteiger partial charge < -0.3 is 30.5 Å². The molecule has 288 valence electrons. The fourth-order valence-corrected chi connectivity index (χ4v) is 7.17. The molecule has 0 aliphatic carbocycles. The molecule has 2 heterocycles. The Hall–Kier alpha value is -3.91. The highest BCUT2D eigenvalue weighted by molar-refractivity contribution is 8.02. The number of carbonyl (C=O) groups excluding carboxylic acids is 6. The number of ether oxygens (including phenoxy) is 1. The summed E-state index contributed by atoms with van der Waals surface area (Å²) < 4.78 is 5.40. The Morgan fingerprint density at radius 3 is 2.25 bits per heavy atom. The van der Waals surface area contributed by atoms with Crippen LogP contribution in [0.15, 0.2) is 36.0 Å². The van der Waals surface area contributed by atoms with E-state index in [0.29, 0.717) is 44.6 Å². The quantitative estimate of drug-likeness (QED) is 0.111. The molecule has 52 heavy (non-hydrogen) atoms. The van der Waals surface area contributed by atoms with Crippen LogP contribution in [0.5, 0.6) is 0 Å². The zero-order valence-electron chi connectivity index (χ0n) is 31.9. The highest BCUT2D eigenvalue weighted by atomic mass is 32.2. The topological polar surface area (TPSA) is 157 Å². The number of imide groups is 1. The van der Waals surface area contributed by atoms with Crippen LogP contribution in [-0.2, 0) is 35.3 Å². The molecule has 14 heteroatoms. The van der Waals surface area contributed by atoms with E-state index in [4.69, 9.17) is 4.74 Å². The van der Waals surface area contributed by atoms with Crippen molar-refractivity contribution in [3.8, 4) is 0 Å². The van der Waals surface area contributed by atoms with Crippen LogP contribution in [0.4, 0.5) is 10.5 Å². The SMILES string of the molecule is CCC(C)(CC)SC1CC(=O)N(CCCCCC(=O)N/C(=C/C(C)C)C(=O)N[C@@H](C)C(=O)Nc2ccc(COC(=O)N3CCN(C)CC3)cc2)C1=O. The highest BCUT2D eigenvalue weighted by Crippen LogP contribution is 2.39. The summed E-state index contributed by atoms with van der Waals surface area (Å²) in [4.78, 5) is 81.9. The standard InChI is InChI=1S/C38H58N6O7S/c1-8-38(6,9-2)52-31-24-33(46)44(36(31)49)18-12-10-11-13-32(45)41-30(23-26(3)4)35(48)39-27(5)34(47)40-29-16-14-28(15-17-29)25-51-37(50)43-21-19-42(7)20-22-43/h14-17,23,26-27,31H,8-13,18-22,24-25H2,1-7H3,(H,39,48)(H,40,47)(H,41,45)/b30-23+/t27-,31?/m0/s1. The Morgan fingerprint density at radius 1 is 0.981 bits per heavy atom. The third kappa shape index (κ3) is 13.3. The van der Waals surface area contributed by atoms with Gasteiger partial charge in [0.1, 0.15) is 18.3 Å². The molecule has 2 aliphatic heterocycles. The van der Waals surface area contributed by atoms with Crippen LogP contribution in [0.3, 0.4) is 0 Å². The van der Waals surface area contributed by atoms with Crippen molar-refractivity contribution in [1.29, 1.82) is 0 Å². The van der Waals surface area contributed by atoms with Crippen molar-refractivity contribution in [3.05, 3.63) is 41.6 Å². The van der Waals surface area contributed by atoms with Gasteiger partial charge in [-0.15, -0.1) is 11.8 Å². The molecule has 0 saturated carbocycles. The van der Waals surface area contributed by atoms with Gasteiger partial charge in [-0.3, -0.25) is 28.9 Å². The number of rotatable bonds is 18. The third-order valence-electron chi connectivity index (χ3n) is 9.52. The number of anilines is 1. The van der Waals surface area contributed by atoms with Crippen LogP contribution < -0.4 is 16.0 Å². The van der Waals surface area contributed by atoms with Crippen LogP contribution in [0.25, 0.3) is 0 Å². The van der Waals surface area contributed by atoms with Crippen molar-refractivity contribution in [2.24, 2.45) is 5.92 Å². The summed E-state index contributed by atoms with van der Waals surface area (Å²) in [5.74, 6) is -1.66. The lowest BCUT2D eigenvalue weighted by atomic mass is 10.1. The van der Waals surface area contributed by atoms with E-state index in [2.05, 4.69) is 41.6 Å². The second-order valence-electron chi connectivity index (χ2n) is 14.3. The maximum Gasteiger partial charge on any atom is 0.410 e. The Morgan fingerprint density at radius 2 is 1.63 bits per heavy atom. The molecular formula is C38H58N6O7S. The minimum Gasteiger partial charge on any atom is -0.445 e. The van der Waals surface area contributed by atoms with Gasteiger partial charge >= 0.3 is 6.09 Å². The molecule has 1 aromatic rings. The fourth-order valence-electron chi connectivity index (χ4n) is 5.69. The highest BCUT2D eigenvalue weighted by Gasteiger charge is 2.41. The molecule has 6 amide bonds. The van der Waals surface area contributed by atoms with Crippen LogP contribution in [0, 0.1) is 5.92 Å². The Kier molecular flexibility index (Phi) is 16.6. The number of likely N-dealkylation sites (tertiary alicyclic amines) is 1. The fraction of sp³-hybridized carbons (Fsp3) is 0.632. The summed E-state index contributed by atoms with van der Waals surface area (Å²) in [7, 11) is 2.02. The van der Waals surface area contributed by atoms with Gasteiger partial charge in [-0.1, -0.05) is 59.2 Å². The van der Waals surface area contributed by atoms with Gasteiger partial charge in [0.05, 0.1) is 5.25 Å². The largest absolute Gasteiger partial charge is 0.445 e. The lowest BCUT2D eigenvalue weighted by Crippen LogP contribution is -2.47. The number of unbranched alkanes of at least 4 members (excludes halogenated alkanes) is 2. The van der Waals surface area contributed by atoms with Crippen molar-refractivity contribution in [3.63, 3.8) is 0 Å². The van der Waals surface area contributed by atoms with Crippen molar-refractivity contribution in [2.75, 3.05) is 45.1 Å². The van der Waals surface area contributed by atoms with Gasteiger partial charge in [-0.2, -0.15) is 0 Å². The van der Waals surface area contributed by atoms with E-state index in [0.717, 1.165) is 31.5 Å². The molecule has 0 radical (unpaired) electrons. The molecule has 0 aromatic heterocycles. The second-order valence-corrected chi connectivity index (χ2v) is 16.1. The van der Waals surface area contributed by atoms with Crippen LogP contribution in [0.1, 0.15) is 92.1 Å². The van der Waals surface area contributed by atoms with E-state index >= 15 is 0 Å². The average Bonchev–Trinajstić information content (AvgIpc) is 3.37. The zero-order valence-corrected chi connectivity index (χ0v) is 32.7. The molecule has 0 spiro atoms. The number of thioether (sulfide) groups is 1. The van der Waals surface area contributed by atoms with Gasteiger partial charge in [-0.25, -0.2) is 4.79 Å². The molecule has 2 aliphatic rings. The van der Waals surface area contributed by atoms with Crippen LogP contribution in [-0.4, -0.2) is 106 Å². The minimum absolute atomic E-state index is 0.0345. The van der Waals surface area contributed by atoms with Crippen LogP contribution >= 0.6 is 11.8 Å². The predicted molar refractivity (Wildman–Crippen MR) is 203 cm³/mol. The Labute approximate surface area is 313 Å². The number of carbonyl (C=O) groups is 6. The zero-order chi connectivity index (χ0) is 38.4. The number of hydrogen-bond acceptors (Lipinski definition) is 9. The summed E-state index contributed by atoms with van der Waals surface area (Å²) in [5.41, 5.74) is 1.35. The summed E-state index contributed by atoms with van der Waals surface area (Å²) in [6.45, 7) is 15.0. The first-order valence-electron chi connectivity index (χ1n) is 18.5. The van der Waals surface area contributed by atoms with E-state index in [1.54, 1.807) is 53.9 Å². The Balaban J connectivity index is 1.40. The number of piperazine rings is 1. The van der Waals surface area contributed by atoms with Crippen molar-refractivity contribution in [2.45, 2.75) is 109 Å². The third-order valence-corrected chi connectivity index (χ3v) is 11.3. The van der Waals surface area contributed by atoms with Crippen molar-refractivity contribution in [1.82, 2.24) is 25.3 Å². The average molecular weight is 743 g/mol. The molecule has 2 atom stereocenters. The molecule has 1 aromatic carbocycles. The lowest BCUT2D eigenvalue weighted by molar-refractivity contribution is -0.138. The number of allylic oxidation sites excluding steroid dienone is 1. The number of amides is 6. The summed E-state index contributed by atoms with van der Waals surface area (Å²) in [6.07, 6.45) is 5.29. The molecule has 13 nitrogen and oxygen atoms in total. The predicted octanol–water partition coefficient (Wildman–Crippen LogP) is 4.67. The number of nitrogens with one attached hydrogen (secondary N) is 3. The van der Waals surface area contributed by atoms with Gasteiger partial charge in [0.25, 0.3) is 5.91 Å². The lowest BCUT2D eigenvalue weighted by Gasteiger charge is -2.31. The maximum atomic E-state index is 13.1. The van der Waals surface area contributed by atoms with Gasteiger partial charge in [0.15, 0.2) is 0 Å². The van der Waals surface area contributed by atoms with E-state index in [-0.39, 0.29) is 64.9 Å². The van der Waals surface area contributed by atoms with Gasteiger partial charge in [0.2, 0.25) is 23.6 Å².